The maximum Gasteiger partial charge on any atom is 0.222 e. The van der Waals surface area contributed by atoms with Crippen molar-refractivity contribution in [2.75, 3.05) is 42.7 Å². The number of nitrogens with one attached hydrogen (secondary N) is 5. The molecule has 0 spiro atoms. The number of benzene rings is 3. The van der Waals surface area contributed by atoms with E-state index < -0.39 is 11.9 Å². The van der Waals surface area contributed by atoms with Crippen molar-refractivity contribution in [3.63, 3.8) is 0 Å². The smallest absolute Gasteiger partial charge is 0.222 e. The zero-order chi connectivity index (χ0) is 87.1. The van der Waals surface area contributed by atoms with E-state index in [4.69, 9.17) is 43.1 Å². The van der Waals surface area contributed by atoms with Crippen LogP contribution in [0.2, 0.25) is 0 Å². The van der Waals surface area contributed by atoms with Gasteiger partial charge in [-0.2, -0.15) is 13.9 Å². The first-order chi connectivity index (χ1) is 58.5. The highest BCUT2D eigenvalue weighted by molar-refractivity contribution is 6.14. The fraction of sp³-hybridized carbons (Fsp3) is 0.224. The van der Waals surface area contributed by atoms with Crippen molar-refractivity contribution in [1.82, 2.24) is 44.7 Å². The predicted molar refractivity (Wildman–Crippen MR) is 482 cm³/mol. The highest BCUT2D eigenvalue weighted by Gasteiger charge is 2.25. The standard InChI is InChI=1S/C23H28N2O2.C22H22N4O.C19H20N2O3.2C17H16FN3O/c1-15-11-16(2)24-19(15)12-21-22(26-6)13-20(25-21)18-9-7-17(8-10-18)14-27-23(3,4)5;1-15-9-16(2)24-19(15)10-21-22(27-3)11-20(25-21)18-12-23-26(14-18)13-17-7-5-4-6-8-17;1-11-7-12(2)20-14(11)9-16-19(24-4)10-15(21-16)13-5-6-18(23-3)17(22)8-13;1-10-6-11(2)20-13(10)7-15-16(22-3)8-14(21-15)12-4-5-17(18)19-9-12;1-10-7-11(2)20-13(10)8-15-16(22-3)9-14(21-15)12-5-4-6-19-17(12)18/h7-13,24H,14H2,1-6H3;4-12,14,24H,13H2,1-3H3;5-10,21-22H,1-4H3;2*4-9,20H,1-3H3/b21-12-;21-10-;;15-7-;15-8-. The Morgan fingerprint density at radius 3 is 1.32 bits per heavy atom. The molecule has 24 heteroatoms. The number of H-pyrrole nitrogens is 5. The molecule has 5 aliphatic rings. The van der Waals surface area contributed by atoms with E-state index in [1.54, 1.807) is 72.0 Å². The number of ether oxygens (including phenoxy) is 7. The number of nitrogens with zero attached hydrogens (tertiary/aromatic N) is 9. The van der Waals surface area contributed by atoms with Crippen LogP contribution in [0, 0.1) is 67.3 Å². The summed E-state index contributed by atoms with van der Waals surface area (Å²) < 4.78 is 66.8. The van der Waals surface area contributed by atoms with Gasteiger partial charge in [0.1, 0.15) is 51.6 Å². The van der Waals surface area contributed by atoms with Gasteiger partial charge in [-0.1, -0.05) is 54.6 Å². The van der Waals surface area contributed by atoms with Crippen molar-refractivity contribution in [2.24, 2.45) is 25.0 Å². The summed E-state index contributed by atoms with van der Waals surface area (Å²) in [5.74, 6) is 3.02. The molecule has 13 heterocycles. The molecule has 3 aromatic carbocycles. The number of aliphatic imine (C=N–C) groups is 5. The van der Waals surface area contributed by atoms with Crippen LogP contribution in [-0.4, -0.2) is 127 Å². The number of aromatic hydroxyl groups is 1. The van der Waals surface area contributed by atoms with Gasteiger partial charge >= 0.3 is 0 Å². The van der Waals surface area contributed by atoms with E-state index in [2.05, 4.69) is 157 Å². The van der Waals surface area contributed by atoms with Gasteiger partial charge in [0.25, 0.3) is 0 Å². The van der Waals surface area contributed by atoms with E-state index in [9.17, 15) is 13.9 Å². The summed E-state index contributed by atoms with van der Waals surface area (Å²) in [5, 5.41) is 14.4. The molecule has 6 N–H and O–H groups in total. The summed E-state index contributed by atoms with van der Waals surface area (Å²) in [6, 6.07) is 40.5. The molecule has 0 saturated carbocycles. The topological polar surface area (TPSA) is 269 Å². The third kappa shape index (κ3) is 22.2. The predicted octanol–water partition coefficient (Wildman–Crippen LogP) is 20.8. The molecule has 0 amide bonds. The normalized spacial score (nSPS) is 15.6. The number of rotatable bonds is 20. The molecule has 122 heavy (non-hydrogen) atoms. The number of aromatic amines is 5. The Hall–Kier alpha value is -14.3. The van der Waals surface area contributed by atoms with Gasteiger partial charge in [0, 0.05) is 128 Å². The van der Waals surface area contributed by atoms with E-state index in [1.165, 1.54) is 42.3 Å². The Kier molecular flexibility index (Phi) is 27.9. The average molecular weight is 1640 g/mol. The summed E-state index contributed by atoms with van der Waals surface area (Å²) in [6.45, 7) is 27.9. The highest BCUT2D eigenvalue weighted by Crippen LogP contribution is 2.37. The molecule has 11 aromatic rings. The van der Waals surface area contributed by atoms with E-state index >= 15 is 0 Å². The Morgan fingerprint density at radius 2 is 0.885 bits per heavy atom. The summed E-state index contributed by atoms with van der Waals surface area (Å²) in [4.78, 5) is 47.0. The second-order valence-corrected chi connectivity index (χ2v) is 30.5. The van der Waals surface area contributed by atoms with Crippen LogP contribution in [0.3, 0.4) is 0 Å². The second kappa shape index (κ2) is 39.1. The number of allylic oxidation sites excluding steroid dienone is 6. The molecule has 0 saturated heterocycles. The number of hydrogen-bond donors (Lipinski definition) is 6. The quantitative estimate of drug-likeness (QED) is 0.0391. The van der Waals surface area contributed by atoms with Crippen molar-refractivity contribution in [3.05, 3.63) is 358 Å². The second-order valence-electron chi connectivity index (χ2n) is 30.5. The van der Waals surface area contributed by atoms with Crippen LogP contribution in [0.4, 0.5) is 8.78 Å². The van der Waals surface area contributed by atoms with Crippen molar-refractivity contribution < 1.29 is 47.0 Å². The summed E-state index contributed by atoms with van der Waals surface area (Å²) in [5.41, 5.74) is 30.1. The van der Waals surface area contributed by atoms with Gasteiger partial charge in [-0.15, -0.1) is 0 Å². The number of phenolic OH excluding ortho intramolecular Hbond substituents is 1. The van der Waals surface area contributed by atoms with Gasteiger partial charge in [-0.3, -0.25) is 9.67 Å². The first-order valence-corrected chi connectivity index (χ1v) is 39.6. The lowest BCUT2D eigenvalue weighted by molar-refractivity contribution is -0.0149. The fourth-order valence-electron chi connectivity index (χ4n) is 13.7. The number of methoxy groups -OCH3 is 6. The molecule has 5 aliphatic heterocycles. The number of pyridine rings is 2. The van der Waals surface area contributed by atoms with Crippen LogP contribution < -0.4 is 9.47 Å². The zero-order valence-electron chi connectivity index (χ0n) is 72.2. The molecule has 0 fully saturated rings. The van der Waals surface area contributed by atoms with Crippen LogP contribution in [0.15, 0.2) is 265 Å². The Labute approximate surface area is 710 Å². The van der Waals surface area contributed by atoms with E-state index in [0.717, 1.165) is 165 Å². The van der Waals surface area contributed by atoms with Gasteiger partial charge in [-0.05, 0) is 232 Å². The Bertz CT molecular complexity index is 6180. The minimum Gasteiger partial charge on any atom is -0.504 e. The molecule has 0 radical (unpaired) electrons. The third-order valence-corrected chi connectivity index (χ3v) is 19.8. The lowest BCUT2D eigenvalue weighted by Gasteiger charge is -2.19. The largest absolute Gasteiger partial charge is 0.504 e. The van der Waals surface area contributed by atoms with Gasteiger partial charge in [0.15, 0.2) is 11.5 Å². The van der Waals surface area contributed by atoms with Crippen LogP contribution >= 0.6 is 0 Å². The lowest BCUT2D eigenvalue weighted by atomic mass is 10.1. The Morgan fingerprint density at radius 1 is 0.418 bits per heavy atom. The van der Waals surface area contributed by atoms with Crippen LogP contribution in [0.5, 0.6) is 17.2 Å². The monoisotopic (exact) mass is 1640 g/mol. The minimum atomic E-state index is -0.541. The lowest BCUT2D eigenvalue weighted by Crippen LogP contribution is -2.18. The SMILES string of the molecule is COC1=CC(c2ccc(COC(C)(C)C)cc2)=N/C1=C\c1[nH]c(C)cc1C.COC1=CC(c2ccc(F)nc2)=N/C1=C\c1[nH]c(C)cc1C.COC1=CC(c2cccnc2F)=N/C1=C\c1[nH]c(C)cc1C.COC1=CC(c2cnn(Cc3ccccc3)c2)=N/C1=C\c1[nH]c(C)cc1C.COc1ccc(-c2cc(OC)c(C=C3N=C(C)C=C3C)[nH]2)cc1O. The maximum absolute atomic E-state index is 13.8. The van der Waals surface area contributed by atoms with E-state index in [1.807, 2.05) is 151 Å². The van der Waals surface area contributed by atoms with E-state index in [-0.39, 0.29) is 11.4 Å². The Balaban J connectivity index is 0.000000140. The zero-order valence-corrected chi connectivity index (χ0v) is 72.2. The maximum atomic E-state index is 13.8. The van der Waals surface area contributed by atoms with Crippen molar-refractivity contribution in [2.45, 2.75) is 109 Å². The molecule has 0 unspecified atom stereocenters. The summed E-state index contributed by atoms with van der Waals surface area (Å²) in [6.07, 6.45) is 26.2. The average Bonchev–Trinajstić information content (AvgIpc) is 1.67. The molecule has 8 aromatic heterocycles. The van der Waals surface area contributed by atoms with Crippen LogP contribution in [0.25, 0.3) is 41.6 Å². The first-order valence-electron chi connectivity index (χ1n) is 39.6. The molecule has 0 atom stereocenters. The van der Waals surface area contributed by atoms with Gasteiger partial charge in [0.05, 0.1) is 107 Å². The number of aromatic nitrogens is 9. The molecule has 626 valence electrons. The van der Waals surface area contributed by atoms with Gasteiger partial charge in [0.2, 0.25) is 11.9 Å². The van der Waals surface area contributed by atoms with Crippen molar-refractivity contribution >= 4 is 58.9 Å². The van der Waals surface area contributed by atoms with Crippen LogP contribution in [0.1, 0.15) is 141 Å². The number of halogens is 2. The fourth-order valence-corrected chi connectivity index (χ4v) is 13.7. The summed E-state index contributed by atoms with van der Waals surface area (Å²) >= 11 is 0. The molecule has 0 bridgehead atoms. The molecular weight excluding hydrogens is 1540 g/mol. The minimum absolute atomic E-state index is 0.0956. The molecular formula is C98H102F2N14O8. The van der Waals surface area contributed by atoms with Gasteiger partial charge < -0.3 is 63.2 Å². The van der Waals surface area contributed by atoms with E-state index in [0.29, 0.717) is 46.6 Å². The van der Waals surface area contributed by atoms with Crippen molar-refractivity contribution in [3.8, 4) is 28.5 Å². The molecule has 0 aliphatic carbocycles. The van der Waals surface area contributed by atoms with Gasteiger partial charge in [-0.25, -0.2) is 29.9 Å². The highest BCUT2D eigenvalue weighted by atomic mass is 19.1. The molecule has 16 rings (SSSR count). The third-order valence-electron chi connectivity index (χ3n) is 19.8. The first kappa shape index (κ1) is 87.1. The number of aryl methyl sites for hydroxylation is 8. The summed E-state index contributed by atoms with van der Waals surface area (Å²) in [7, 11) is 9.68. The molecule has 22 nitrogen and oxygen atoms in total. The number of phenols is 1. The van der Waals surface area contributed by atoms with Crippen LogP contribution in [-0.2, 0) is 36.8 Å². The van der Waals surface area contributed by atoms with Crippen molar-refractivity contribution in [1.29, 1.82) is 0 Å². The number of hydrogen-bond acceptors (Lipinski definition) is 16.